The fourth-order valence-electron chi connectivity index (χ4n) is 3.98. The van der Waals surface area contributed by atoms with Gasteiger partial charge in [0.25, 0.3) is 0 Å². The van der Waals surface area contributed by atoms with Crippen LogP contribution in [0.5, 0.6) is 0 Å². The molecule has 0 aromatic rings. The number of nitrogens with zero attached hydrogens (tertiary/aromatic N) is 2. The molecule has 0 aliphatic carbocycles. The summed E-state index contributed by atoms with van der Waals surface area (Å²) in [6, 6.07) is 0. The Morgan fingerprint density at radius 1 is 1.05 bits per heavy atom. The van der Waals surface area contributed by atoms with E-state index in [1.165, 1.54) is 25.7 Å². The SMILES string of the molecule is O=C(C1CCN(CC2(CO)COC2)CC1)N1CCCCCC1. The van der Waals surface area contributed by atoms with E-state index >= 15 is 0 Å². The zero-order chi connectivity index (χ0) is 15.4. The van der Waals surface area contributed by atoms with E-state index < -0.39 is 0 Å². The highest BCUT2D eigenvalue weighted by molar-refractivity contribution is 5.79. The monoisotopic (exact) mass is 310 g/mol. The highest BCUT2D eigenvalue weighted by atomic mass is 16.5. The molecule has 0 spiro atoms. The highest BCUT2D eigenvalue weighted by Gasteiger charge is 2.40. The molecular formula is C17H30N2O3. The normalized spacial score (nSPS) is 27.2. The molecule has 5 heteroatoms. The van der Waals surface area contributed by atoms with E-state index in [0.29, 0.717) is 19.1 Å². The lowest BCUT2D eigenvalue weighted by Gasteiger charge is -2.45. The summed E-state index contributed by atoms with van der Waals surface area (Å²) in [6.45, 7) is 6.35. The summed E-state index contributed by atoms with van der Waals surface area (Å²) in [5.41, 5.74) is -0.0400. The second-order valence-electron chi connectivity index (χ2n) is 7.44. The van der Waals surface area contributed by atoms with E-state index in [-0.39, 0.29) is 17.9 Å². The van der Waals surface area contributed by atoms with Crippen molar-refractivity contribution < 1.29 is 14.6 Å². The van der Waals surface area contributed by atoms with Crippen molar-refractivity contribution in [3.05, 3.63) is 0 Å². The fraction of sp³-hybridized carbons (Fsp3) is 0.941. The Kier molecular flexibility index (Phi) is 5.37. The lowest BCUT2D eigenvalue weighted by atomic mass is 9.85. The Hall–Kier alpha value is -0.650. The number of piperidine rings is 1. The number of carbonyl (C=O) groups excluding carboxylic acids is 1. The first kappa shape index (κ1) is 16.2. The number of likely N-dealkylation sites (tertiary alicyclic amines) is 2. The van der Waals surface area contributed by atoms with Crippen molar-refractivity contribution >= 4 is 5.91 Å². The van der Waals surface area contributed by atoms with Crippen molar-refractivity contribution in [1.29, 1.82) is 0 Å². The summed E-state index contributed by atoms with van der Waals surface area (Å²) < 4.78 is 5.27. The van der Waals surface area contributed by atoms with Gasteiger partial charge in [0.15, 0.2) is 0 Å². The molecule has 0 aromatic heterocycles. The summed E-state index contributed by atoms with van der Waals surface area (Å²) in [7, 11) is 0. The largest absolute Gasteiger partial charge is 0.396 e. The molecule has 0 saturated carbocycles. The molecule has 0 aromatic carbocycles. The van der Waals surface area contributed by atoms with Gasteiger partial charge in [0.1, 0.15) is 0 Å². The van der Waals surface area contributed by atoms with Crippen molar-refractivity contribution in [2.45, 2.75) is 38.5 Å². The molecule has 1 amide bonds. The number of rotatable bonds is 4. The molecule has 1 N–H and O–H groups in total. The van der Waals surface area contributed by atoms with E-state index in [0.717, 1.165) is 45.6 Å². The lowest BCUT2D eigenvalue weighted by molar-refractivity contribution is -0.152. The van der Waals surface area contributed by atoms with Gasteiger partial charge in [-0.3, -0.25) is 4.79 Å². The van der Waals surface area contributed by atoms with Crippen molar-refractivity contribution in [2.24, 2.45) is 11.3 Å². The minimum atomic E-state index is -0.0400. The molecule has 3 aliphatic rings. The summed E-state index contributed by atoms with van der Waals surface area (Å²) >= 11 is 0. The smallest absolute Gasteiger partial charge is 0.225 e. The lowest BCUT2D eigenvalue weighted by Crippen LogP contribution is -2.55. The Balaban J connectivity index is 1.45. The molecule has 3 rings (SSSR count). The Bertz CT molecular complexity index is 363. The highest BCUT2D eigenvalue weighted by Crippen LogP contribution is 2.30. The number of hydrogen-bond acceptors (Lipinski definition) is 4. The van der Waals surface area contributed by atoms with Crippen molar-refractivity contribution in [1.82, 2.24) is 9.80 Å². The van der Waals surface area contributed by atoms with E-state index in [1.54, 1.807) is 0 Å². The summed E-state index contributed by atoms with van der Waals surface area (Å²) in [4.78, 5) is 17.2. The van der Waals surface area contributed by atoms with Crippen molar-refractivity contribution in [3.8, 4) is 0 Å². The van der Waals surface area contributed by atoms with Gasteiger partial charge in [0.05, 0.1) is 25.2 Å². The average molecular weight is 310 g/mol. The number of carbonyl (C=O) groups is 1. The molecule has 22 heavy (non-hydrogen) atoms. The van der Waals surface area contributed by atoms with Crippen LogP contribution in [-0.2, 0) is 9.53 Å². The molecule has 0 unspecified atom stereocenters. The van der Waals surface area contributed by atoms with Crippen LogP contribution in [0.4, 0.5) is 0 Å². The van der Waals surface area contributed by atoms with Gasteiger partial charge in [0, 0.05) is 25.6 Å². The fourth-order valence-corrected chi connectivity index (χ4v) is 3.98. The van der Waals surface area contributed by atoms with Crippen LogP contribution < -0.4 is 0 Å². The summed E-state index contributed by atoms with van der Waals surface area (Å²) in [6.07, 6.45) is 6.82. The third-order valence-corrected chi connectivity index (χ3v) is 5.57. The van der Waals surface area contributed by atoms with E-state index in [9.17, 15) is 9.90 Å². The van der Waals surface area contributed by atoms with Gasteiger partial charge in [-0.25, -0.2) is 0 Å². The van der Waals surface area contributed by atoms with Crippen LogP contribution in [-0.4, -0.2) is 73.4 Å². The predicted molar refractivity (Wildman–Crippen MR) is 84.5 cm³/mol. The van der Waals surface area contributed by atoms with Gasteiger partial charge < -0.3 is 19.6 Å². The quantitative estimate of drug-likeness (QED) is 0.845. The third kappa shape index (κ3) is 3.63. The molecule has 126 valence electrons. The van der Waals surface area contributed by atoms with Crippen LogP contribution in [0.25, 0.3) is 0 Å². The maximum absolute atomic E-state index is 12.7. The number of ether oxygens (including phenoxy) is 1. The van der Waals surface area contributed by atoms with Crippen LogP contribution in [0.1, 0.15) is 38.5 Å². The maximum Gasteiger partial charge on any atom is 0.225 e. The summed E-state index contributed by atoms with van der Waals surface area (Å²) in [5, 5.41) is 9.54. The molecule has 3 saturated heterocycles. The molecule has 3 fully saturated rings. The maximum atomic E-state index is 12.7. The predicted octanol–water partition coefficient (Wildman–Crippen LogP) is 1.11. The van der Waals surface area contributed by atoms with Gasteiger partial charge in [-0.2, -0.15) is 0 Å². The first-order valence-corrected chi connectivity index (χ1v) is 8.92. The standard InChI is InChI=1S/C17H30N2O3/c20-12-17(13-22-14-17)11-18-9-5-15(6-10-18)16(21)19-7-3-1-2-4-8-19/h15,20H,1-14H2. The van der Waals surface area contributed by atoms with Gasteiger partial charge >= 0.3 is 0 Å². The van der Waals surface area contributed by atoms with E-state index in [2.05, 4.69) is 9.80 Å². The minimum Gasteiger partial charge on any atom is -0.396 e. The third-order valence-electron chi connectivity index (χ3n) is 5.57. The molecule has 0 radical (unpaired) electrons. The molecular weight excluding hydrogens is 280 g/mol. The van der Waals surface area contributed by atoms with Gasteiger partial charge in [0.2, 0.25) is 5.91 Å². The molecule has 5 nitrogen and oxygen atoms in total. The number of hydrogen-bond donors (Lipinski definition) is 1. The van der Waals surface area contributed by atoms with Crippen LogP contribution in [0.2, 0.25) is 0 Å². The second-order valence-corrected chi connectivity index (χ2v) is 7.44. The Morgan fingerprint density at radius 3 is 2.18 bits per heavy atom. The van der Waals surface area contributed by atoms with Crippen molar-refractivity contribution in [3.63, 3.8) is 0 Å². The minimum absolute atomic E-state index is 0.0400. The second kappa shape index (κ2) is 7.28. The van der Waals surface area contributed by atoms with Crippen LogP contribution in [0.15, 0.2) is 0 Å². The van der Waals surface area contributed by atoms with Crippen LogP contribution >= 0.6 is 0 Å². The van der Waals surface area contributed by atoms with Gasteiger partial charge in [-0.05, 0) is 38.8 Å². The number of aliphatic hydroxyl groups is 1. The first-order chi connectivity index (χ1) is 10.7. The average Bonchev–Trinajstić information content (AvgIpc) is 2.80. The Morgan fingerprint density at radius 2 is 1.68 bits per heavy atom. The van der Waals surface area contributed by atoms with Crippen LogP contribution in [0.3, 0.4) is 0 Å². The molecule has 3 heterocycles. The number of aliphatic hydroxyl groups excluding tert-OH is 1. The summed E-state index contributed by atoms with van der Waals surface area (Å²) in [5.74, 6) is 0.613. The van der Waals surface area contributed by atoms with Crippen LogP contribution in [0, 0.1) is 11.3 Å². The molecule has 0 atom stereocenters. The van der Waals surface area contributed by atoms with Gasteiger partial charge in [-0.1, -0.05) is 12.8 Å². The first-order valence-electron chi connectivity index (χ1n) is 8.92. The van der Waals surface area contributed by atoms with Gasteiger partial charge in [-0.15, -0.1) is 0 Å². The molecule has 3 aliphatic heterocycles. The molecule has 0 bridgehead atoms. The zero-order valence-electron chi connectivity index (χ0n) is 13.6. The number of amides is 1. The Labute approximate surface area is 133 Å². The van der Waals surface area contributed by atoms with Crippen molar-refractivity contribution in [2.75, 3.05) is 52.5 Å². The topological polar surface area (TPSA) is 53.0 Å². The van der Waals surface area contributed by atoms with E-state index in [1.807, 2.05) is 0 Å². The zero-order valence-corrected chi connectivity index (χ0v) is 13.6. The van der Waals surface area contributed by atoms with E-state index in [4.69, 9.17) is 4.74 Å².